The summed E-state index contributed by atoms with van der Waals surface area (Å²) in [6, 6.07) is 0. The Morgan fingerprint density at radius 2 is 1.55 bits per heavy atom. The van der Waals surface area contributed by atoms with Crippen LogP contribution in [0.1, 0.15) is 20.8 Å². The van der Waals surface area contributed by atoms with Crippen LogP contribution in [0.5, 0.6) is 0 Å². The van der Waals surface area contributed by atoms with Crippen molar-refractivity contribution in [2.75, 3.05) is 6.61 Å². The van der Waals surface area contributed by atoms with E-state index in [1.165, 1.54) is 0 Å². The minimum atomic E-state index is -4.82. The van der Waals surface area contributed by atoms with Crippen molar-refractivity contribution in [3.05, 3.63) is 0 Å². The second-order valence-electron chi connectivity index (χ2n) is 4.60. The van der Waals surface area contributed by atoms with Gasteiger partial charge in [0.2, 0.25) is 6.29 Å². The van der Waals surface area contributed by atoms with Crippen LogP contribution >= 0.6 is 0 Å². The zero-order chi connectivity index (χ0) is 17.1. The van der Waals surface area contributed by atoms with Crippen molar-refractivity contribution in [1.82, 2.24) is 0 Å². The van der Waals surface area contributed by atoms with Crippen molar-refractivity contribution in [2.24, 2.45) is 5.92 Å². The molecule has 1 aliphatic rings. The molecule has 0 amide bonds. The van der Waals surface area contributed by atoms with E-state index >= 15 is 0 Å². The summed E-state index contributed by atoms with van der Waals surface area (Å²) >= 11 is 0. The Balaban J connectivity index is 3.03. The second kappa shape index (κ2) is 6.95. The normalized spacial score (nSPS) is 28.1. The molecule has 0 radical (unpaired) electrons. The third kappa shape index (κ3) is 4.86. The van der Waals surface area contributed by atoms with Gasteiger partial charge in [0.1, 0.15) is 18.6 Å². The number of carbonyl (C=O) groups excluding carboxylic acids is 3. The molecule has 0 N–H and O–H groups in total. The van der Waals surface area contributed by atoms with Gasteiger partial charge in [0.15, 0.2) is 6.10 Å². The molecular formula is C12H15F3O7. The average Bonchev–Trinajstić information content (AvgIpc) is 2.62. The second-order valence-corrected chi connectivity index (χ2v) is 4.60. The first-order chi connectivity index (χ1) is 10.0. The maximum absolute atomic E-state index is 13.2. The lowest BCUT2D eigenvalue weighted by Crippen LogP contribution is -2.43. The van der Waals surface area contributed by atoms with Gasteiger partial charge < -0.3 is 18.9 Å². The molecule has 1 fully saturated rings. The Hall–Kier alpha value is -1.84. The Morgan fingerprint density at radius 1 is 1.00 bits per heavy atom. The van der Waals surface area contributed by atoms with Gasteiger partial charge in [-0.25, -0.2) is 0 Å². The zero-order valence-corrected chi connectivity index (χ0v) is 12.0. The summed E-state index contributed by atoms with van der Waals surface area (Å²) in [6.07, 6.45) is -10.1. The summed E-state index contributed by atoms with van der Waals surface area (Å²) in [7, 11) is 0. The molecule has 1 saturated heterocycles. The van der Waals surface area contributed by atoms with Crippen LogP contribution in [-0.4, -0.2) is 49.2 Å². The van der Waals surface area contributed by atoms with Crippen LogP contribution in [-0.2, 0) is 33.3 Å². The molecule has 0 spiro atoms. The maximum atomic E-state index is 13.2. The van der Waals surface area contributed by atoms with E-state index in [0.717, 1.165) is 20.8 Å². The number of esters is 3. The van der Waals surface area contributed by atoms with E-state index in [1.807, 2.05) is 0 Å². The summed E-state index contributed by atoms with van der Waals surface area (Å²) in [6.45, 7) is 2.19. The fourth-order valence-corrected chi connectivity index (χ4v) is 2.03. The third-order valence-corrected chi connectivity index (χ3v) is 2.74. The van der Waals surface area contributed by atoms with Gasteiger partial charge in [0.05, 0.1) is 0 Å². The highest BCUT2D eigenvalue weighted by molar-refractivity contribution is 5.67. The van der Waals surface area contributed by atoms with Crippen LogP contribution in [0.3, 0.4) is 0 Å². The third-order valence-electron chi connectivity index (χ3n) is 2.74. The van der Waals surface area contributed by atoms with E-state index in [2.05, 4.69) is 14.2 Å². The van der Waals surface area contributed by atoms with Crippen LogP contribution in [0, 0.1) is 5.92 Å². The molecule has 10 heteroatoms. The van der Waals surface area contributed by atoms with E-state index in [-0.39, 0.29) is 0 Å². The lowest BCUT2D eigenvalue weighted by atomic mass is 9.98. The van der Waals surface area contributed by atoms with Crippen LogP contribution in [0.2, 0.25) is 0 Å². The molecule has 0 aliphatic carbocycles. The van der Waals surface area contributed by atoms with Gasteiger partial charge in [-0.1, -0.05) is 0 Å². The standard InChI is InChI=1S/C12H15F3O7/c1-5(16)19-4-8-9(12(13,14)15)10(20-6(2)17)11(22-8)21-7(3)18/h8-11H,4H2,1-3H3/t8-,9-,10-,11-/m1/s1. The Morgan fingerprint density at radius 3 is 1.95 bits per heavy atom. The van der Waals surface area contributed by atoms with Crippen molar-refractivity contribution < 1.29 is 46.5 Å². The molecule has 126 valence electrons. The van der Waals surface area contributed by atoms with Gasteiger partial charge in [-0.2, -0.15) is 13.2 Å². The van der Waals surface area contributed by atoms with E-state index < -0.39 is 55.1 Å². The number of alkyl halides is 3. The number of rotatable bonds is 4. The number of carbonyl (C=O) groups is 3. The molecule has 1 heterocycles. The first-order valence-electron chi connectivity index (χ1n) is 6.22. The quantitative estimate of drug-likeness (QED) is 0.561. The van der Waals surface area contributed by atoms with Crippen molar-refractivity contribution in [2.45, 2.75) is 45.4 Å². The molecule has 1 rings (SSSR count). The molecule has 4 atom stereocenters. The number of halogens is 3. The molecule has 0 aromatic heterocycles. The van der Waals surface area contributed by atoms with E-state index in [4.69, 9.17) is 4.74 Å². The first kappa shape index (κ1) is 18.2. The molecule has 0 aromatic rings. The summed E-state index contributed by atoms with van der Waals surface area (Å²) in [4.78, 5) is 32.7. The van der Waals surface area contributed by atoms with Gasteiger partial charge in [-0.15, -0.1) is 0 Å². The van der Waals surface area contributed by atoms with Crippen molar-refractivity contribution in [3.8, 4) is 0 Å². The highest BCUT2D eigenvalue weighted by Gasteiger charge is 2.61. The largest absolute Gasteiger partial charge is 0.463 e. The number of ether oxygens (including phenoxy) is 4. The average molecular weight is 328 g/mol. The summed E-state index contributed by atoms with van der Waals surface area (Å²) in [5, 5.41) is 0. The maximum Gasteiger partial charge on any atom is 0.398 e. The van der Waals surface area contributed by atoms with Crippen LogP contribution in [0.15, 0.2) is 0 Å². The minimum Gasteiger partial charge on any atom is -0.463 e. The van der Waals surface area contributed by atoms with Crippen molar-refractivity contribution >= 4 is 17.9 Å². The number of hydrogen-bond donors (Lipinski definition) is 0. The molecular weight excluding hydrogens is 313 g/mol. The van der Waals surface area contributed by atoms with Gasteiger partial charge in [0.25, 0.3) is 0 Å². The summed E-state index contributed by atoms with van der Waals surface area (Å²) < 4.78 is 58.3. The lowest BCUT2D eigenvalue weighted by molar-refractivity contribution is -0.215. The zero-order valence-electron chi connectivity index (χ0n) is 12.0. The summed E-state index contributed by atoms with van der Waals surface area (Å²) in [5.74, 6) is -4.99. The summed E-state index contributed by atoms with van der Waals surface area (Å²) in [5.41, 5.74) is 0. The van der Waals surface area contributed by atoms with Gasteiger partial charge >= 0.3 is 24.1 Å². The highest BCUT2D eigenvalue weighted by atomic mass is 19.4. The molecule has 1 aliphatic heterocycles. The monoisotopic (exact) mass is 328 g/mol. The van der Waals surface area contributed by atoms with E-state index in [0.29, 0.717) is 0 Å². The van der Waals surface area contributed by atoms with E-state index in [9.17, 15) is 27.6 Å². The predicted molar refractivity (Wildman–Crippen MR) is 62.2 cm³/mol. The minimum absolute atomic E-state index is 0.713. The molecule has 0 saturated carbocycles. The van der Waals surface area contributed by atoms with Crippen molar-refractivity contribution in [1.29, 1.82) is 0 Å². The van der Waals surface area contributed by atoms with Gasteiger partial charge in [-0.3, -0.25) is 14.4 Å². The predicted octanol–water partition coefficient (Wildman–Crippen LogP) is 0.948. The Kier molecular flexibility index (Phi) is 5.75. The molecule has 22 heavy (non-hydrogen) atoms. The highest BCUT2D eigenvalue weighted by Crippen LogP contribution is 2.42. The smallest absolute Gasteiger partial charge is 0.398 e. The van der Waals surface area contributed by atoms with Crippen LogP contribution in [0.4, 0.5) is 13.2 Å². The molecule has 0 unspecified atom stereocenters. The van der Waals surface area contributed by atoms with Gasteiger partial charge in [0, 0.05) is 20.8 Å². The van der Waals surface area contributed by atoms with Crippen molar-refractivity contribution in [3.63, 3.8) is 0 Å². The molecule has 7 nitrogen and oxygen atoms in total. The SMILES string of the molecule is CC(=O)OC[C@H]1O[C@@H](OC(C)=O)[C@H](OC(C)=O)[C@@H]1C(F)(F)F. The van der Waals surface area contributed by atoms with E-state index in [1.54, 1.807) is 0 Å². The fraction of sp³-hybridized carbons (Fsp3) is 0.750. The van der Waals surface area contributed by atoms with Crippen LogP contribution < -0.4 is 0 Å². The Bertz CT molecular complexity index is 448. The van der Waals surface area contributed by atoms with Gasteiger partial charge in [-0.05, 0) is 0 Å². The number of hydrogen-bond acceptors (Lipinski definition) is 7. The lowest BCUT2D eigenvalue weighted by Gasteiger charge is -2.25. The first-order valence-corrected chi connectivity index (χ1v) is 6.22. The van der Waals surface area contributed by atoms with Crippen LogP contribution in [0.25, 0.3) is 0 Å². The molecule has 0 bridgehead atoms. The molecule has 0 aromatic carbocycles. The fourth-order valence-electron chi connectivity index (χ4n) is 2.03. The topological polar surface area (TPSA) is 88.1 Å². The Labute approximate surface area is 123 Å².